The molecule has 20 heavy (non-hydrogen) atoms. The smallest absolute Gasteiger partial charge is 0.0457 e. The average Bonchev–Trinajstić information content (AvgIpc) is 2.79. The topological polar surface area (TPSA) is 26.7 Å². The van der Waals surface area contributed by atoms with Gasteiger partial charge < -0.3 is 5.11 Å². The maximum Gasteiger partial charge on any atom is 0.0457 e. The Kier molecular flexibility index (Phi) is 4.40. The third-order valence-electron chi connectivity index (χ3n) is 5.90. The minimum atomic E-state index is 0.340. The monoisotopic (exact) mass is 280 g/mol. The molecule has 0 spiro atoms. The molecule has 4 aliphatic heterocycles. The maximum atomic E-state index is 9.46. The van der Waals surface area contributed by atoms with Crippen LogP contribution in [-0.4, -0.2) is 59.8 Å². The number of piperidine rings is 3. The molecule has 0 aromatic rings. The highest BCUT2D eigenvalue weighted by Gasteiger charge is 2.52. The van der Waals surface area contributed by atoms with Crippen LogP contribution < -0.4 is 0 Å². The second-order valence-corrected chi connectivity index (χ2v) is 7.97. The number of aliphatic hydroxyl groups is 1. The van der Waals surface area contributed by atoms with E-state index in [4.69, 9.17) is 0 Å². The number of likely N-dealkylation sites (tertiary alicyclic amines) is 1. The van der Waals surface area contributed by atoms with E-state index >= 15 is 0 Å². The van der Waals surface area contributed by atoms with E-state index in [-0.39, 0.29) is 0 Å². The molecule has 3 heteroatoms. The van der Waals surface area contributed by atoms with Crippen LogP contribution in [0.1, 0.15) is 40.0 Å². The van der Waals surface area contributed by atoms with Gasteiger partial charge in [0.25, 0.3) is 0 Å². The first-order valence-corrected chi connectivity index (χ1v) is 8.69. The highest BCUT2D eigenvalue weighted by atomic mass is 16.3. The normalized spacial score (nSPS) is 42.1. The molecule has 0 aliphatic carbocycles. The Labute approximate surface area is 124 Å². The van der Waals surface area contributed by atoms with Gasteiger partial charge in [-0.25, -0.2) is 0 Å². The number of hydrogen-bond donors (Lipinski definition) is 1. The SMILES string of the molecule is CC(C)CN1CC2C3CCN(CC3)C2C1CC(C)CO. The predicted molar refractivity (Wildman–Crippen MR) is 82.6 cm³/mol. The summed E-state index contributed by atoms with van der Waals surface area (Å²) in [6.45, 7) is 12.4. The minimum absolute atomic E-state index is 0.340. The van der Waals surface area contributed by atoms with E-state index in [0.717, 1.165) is 23.8 Å². The summed E-state index contributed by atoms with van der Waals surface area (Å²) in [6, 6.07) is 1.47. The summed E-state index contributed by atoms with van der Waals surface area (Å²) in [7, 11) is 0. The molecule has 0 radical (unpaired) electrons. The third-order valence-corrected chi connectivity index (χ3v) is 5.90. The fourth-order valence-corrected chi connectivity index (χ4v) is 5.06. The van der Waals surface area contributed by atoms with Gasteiger partial charge in [-0.1, -0.05) is 20.8 Å². The summed E-state index contributed by atoms with van der Waals surface area (Å²) in [5.41, 5.74) is 0. The van der Waals surface area contributed by atoms with Crippen LogP contribution in [-0.2, 0) is 0 Å². The molecule has 3 nitrogen and oxygen atoms in total. The van der Waals surface area contributed by atoms with Gasteiger partial charge in [0.2, 0.25) is 0 Å². The van der Waals surface area contributed by atoms with Crippen LogP contribution in [0.15, 0.2) is 0 Å². The van der Waals surface area contributed by atoms with E-state index in [1.165, 1.54) is 45.4 Å². The molecule has 0 aromatic heterocycles. The molecule has 0 aromatic carbocycles. The van der Waals surface area contributed by atoms with Crippen molar-refractivity contribution in [3.8, 4) is 0 Å². The molecule has 0 amide bonds. The van der Waals surface area contributed by atoms with Crippen molar-refractivity contribution in [1.29, 1.82) is 0 Å². The van der Waals surface area contributed by atoms with Crippen molar-refractivity contribution in [1.82, 2.24) is 9.80 Å². The van der Waals surface area contributed by atoms with E-state index in [2.05, 4.69) is 30.6 Å². The van der Waals surface area contributed by atoms with Crippen molar-refractivity contribution in [3.63, 3.8) is 0 Å². The standard InChI is InChI=1S/C17H32N2O/c1-12(2)9-19-10-15-14-4-6-18(7-5-14)17(15)16(19)8-13(3)11-20/h12-17,20H,4-11H2,1-3H3. The zero-order valence-electron chi connectivity index (χ0n) is 13.5. The van der Waals surface area contributed by atoms with Crippen molar-refractivity contribution >= 4 is 0 Å². The van der Waals surface area contributed by atoms with Gasteiger partial charge in [-0.2, -0.15) is 0 Å². The van der Waals surface area contributed by atoms with Gasteiger partial charge in [0.05, 0.1) is 0 Å². The van der Waals surface area contributed by atoms with Gasteiger partial charge in [-0.15, -0.1) is 0 Å². The zero-order chi connectivity index (χ0) is 14.3. The second-order valence-electron chi connectivity index (χ2n) is 7.97. The summed E-state index contributed by atoms with van der Waals surface area (Å²) in [6.07, 6.45) is 4.03. The van der Waals surface area contributed by atoms with Crippen LogP contribution in [0.3, 0.4) is 0 Å². The molecule has 4 rings (SSSR count). The average molecular weight is 280 g/mol. The van der Waals surface area contributed by atoms with Crippen LogP contribution in [0, 0.1) is 23.7 Å². The van der Waals surface area contributed by atoms with E-state index < -0.39 is 0 Å². The summed E-state index contributed by atoms with van der Waals surface area (Å²) >= 11 is 0. The number of rotatable bonds is 5. The highest BCUT2D eigenvalue weighted by Crippen LogP contribution is 2.45. The molecular weight excluding hydrogens is 248 g/mol. The van der Waals surface area contributed by atoms with Crippen LogP contribution >= 0.6 is 0 Å². The Bertz CT molecular complexity index is 325. The Hall–Kier alpha value is -0.120. The first-order chi connectivity index (χ1) is 9.60. The fraction of sp³-hybridized carbons (Fsp3) is 1.00. The van der Waals surface area contributed by atoms with Crippen molar-refractivity contribution in [2.75, 3.05) is 32.8 Å². The number of hydrogen-bond acceptors (Lipinski definition) is 3. The Morgan fingerprint density at radius 1 is 1.15 bits per heavy atom. The molecule has 4 fully saturated rings. The minimum Gasteiger partial charge on any atom is -0.396 e. The lowest BCUT2D eigenvalue weighted by Gasteiger charge is -2.50. The molecule has 2 bridgehead atoms. The quantitative estimate of drug-likeness (QED) is 0.835. The fourth-order valence-electron chi connectivity index (χ4n) is 5.06. The van der Waals surface area contributed by atoms with Gasteiger partial charge in [-0.3, -0.25) is 9.80 Å². The lowest BCUT2D eigenvalue weighted by molar-refractivity contribution is -0.00135. The van der Waals surface area contributed by atoms with Crippen molar-refractivity contribution in [2.45, 2.75) is 52.1 Å². The molecule has 116 valence electrons. The molecule has 4 atom stereocenters. The predicted octanol–water partition coefficient (Wildman–Crippen LogP) is 2.06. The summed E-state index contributed by atoms with van der Waals surface area (Å²) in [5, 5.41) is 9.46. The Morgan fingerprint density at radius 3 is 2.45 bits per heavy atom. The van der Waals surface area contributed by atoms with Crippen LogP contribution in [0.5, 0.6) is 0 Å². The van der Waals surface area contributed by atoms with E-state index in [9.17, 15) is 5.11 Å². The van der Waals surface area contributed by atoms with E-state index in [1.54, 1.807) is 0 Å². The van der Waals surface area contributed by atoms with Crippen LogP contribution in [0.25, 0.3) is 0 Å². The molecule has 4 heterocycles. The van der Waals surface area contributed by atoms with Crippen molar-refractivity contribution in [3.05, 3.63) is 0 Å². The third kappa shape index (κ3) is 2.65. The van der Waals surface area contributed by atoms with Gasteiger partial charge in [-0.05, 0) is 56.0 Å². The molecule has 4 unspecified atom stereocenters. The van der Waals surface area contributed by atoms with Gasteiger partial charge in [0.15, 0.2) is 0 Å². The van der Waals surface area contributed by atoms with Crippen molar-refractivity contribution < 1.29 is 5.11 Å². The molecule has 4 aliphatic rings. The number of nitrogens with zero attached hydrogens (tertiary/aromatic N) is 2. The highest BCUT2D eigenvalue weighted by molar-refractivity contribution is 5.06. The van der Waals surface area contributed by atoms with Gasteiger partial charge in [0.1, 0.15) is 0 Å². The largest absolute Gasteiger partial charge is 0.396 e. The molecule has 1 N–H and O–H groups in total. The van der Waals surface area contributed by atoms with Crippen LogP contribution in [0.4, 0.5) is 0 Å². The second kappa shape index (κ2) is 5.94. The van der Waals surface area contributed by atoms with Gasteiger partial charge >= 0.3 is 0 Å². The first kappa shape index (κ1) is 14.8. The van der Waals surface area contributed by atoms with Gasteiger partial charge in [0, 0.05) is 31.8 Å². The summed E-state index contributed by atoms with van der Waals surface area (Å²) < 4.78 is 0. The summed E-state index contributed by atoms with van der Waals surface area (Å²) in [4.78, 5) is 5.54. The lowest BCUT2D eigenvalue weighted by atomic mass is 9.73. The molecular formula is C17H32N2O. The molecule has 0 saturated carbocycles. The van der Waals surface area contributed by atoms with E-state index in [1.807, 2.05) is 0 Å². The lowest BCUT2D eigenvalue weighted by Crippen LogP contribution is -2.57. The number of fused-ring (bicyclic) bond motifs is 2. The Balaban J connectivity index is 1.77. The van der Waals surface area contributed by atoms with E-state index in [0.29, 0.717) is 18.6 Å². The summed E-state index contributed by atoms with van der Waals surface area (Å²) in [5.74, 6) is 3.08. The molecule has 4 saturated heterocycles. The zero-order valence-corrected chi connectivity index (χ0v) is 13.5. The maximum absolute atomic E-state index is 9.46. The Morgan fingerprint density at radius 2 is 1.85 bits per heavy atom. The van der Waals surface area contributed by atoms with Crippen LogP contribution in [0.2, 0.25) is 0 Å². The first-order valence-electron chi connectivity index (χ1n) is 8.69. The number of aliphatic hydroxyl groups excluding tert-OH is 1. The van der Waals surface area contributed by atoms with Crippen molar-refractivity contribution in [2.24, 2.45) is 23.7 Å².